The van der Waals surface area contributed by atoms with Crippen LogP contribution in [0.3, 0.4) is 0 Å². The lowest BCUT2D eigenvalue weighted by Gasteiger charge is -2.48. The summed E-state index contributed by atoms with van der Waals surface area (Å²) in [6.07, 6.45) is 0.961. The zero-order valence-corrected chi connectivity index (χ0v) is 13.8. The molecular weight excluding hydrogens is 320 g/mol. The molecule has 0 amide bonds. The summed E-state index contributed by atoms with van der Waals surface area (Å²) in [7, 11) is 3.14. The van der Waals surface area contributed by atoms with Crippen molar-refractivity contribution >= 4 is 17.8 Å². The number of furan rings is 1. The molecule has 1 aromatic heterocycles. The number of rotatable bonds is 11. The van der Waals surface area contributed by atoms with Crippen LogP contribution in [0.15, 0.2) is 22.8 Å². The van der Waals surface area contributed by atoms with Gasteiger partial charge in [0.25, 0.3) is 0 Å². The lowest BCUT2D eigenvalue weighted by Crippen LogP contribution is -2.73. The molecule has 0 bridgehead atoms. The molecule has 0 aliphatic heterocycles. The third-order valence-electron chi connectivity index (χ3n) is 4.34. The molecule has 1 heterocycles. The first-order valence-corrected chi connectivity index (χ1v) is 7.51. The smallest absolute Gasteiger partial charge is 0.368 e. The van der Waals surface area contributed by atoms with Crippen molar-refractivity contribution in [2.45, 2.75) is 24.4 Å². The van der Waals surface area contributed by atoms with Crippen LogP contribution in [0.5, 0.6) is 0 Å². The first kappa shape index (κ1) is 19.9. The Morgan fingerprint density at radius 3 is 2.42 bits per heavy atom. The van der Waals surface area contributed by atoms with Gasteiger partial charge in [0.15, 0.2) is 5.88 Å². The number of carbonyl (C=O) groups is 2. The summed E-state index contributed by atoms with van der Waals surface area (Å²) >= 11 is 0. The van der Waals surface area contributed by atoms with Crippen LogP contribution in [-0.4, -0.2) is 82.3 Å². The Labute approximate surface area is 139 Å². The molecule has 24 heavy (non-hydrogen) atoms. The molecule has 0 aromatic carbocycles. The monoisotopic (exact) mass is 345 g/mol. The van der Waals surface area contributed by atoms with E-state index < -0.39 is 36.5 Å². The van der Waals surface area contributed by atoms with Gasteiger partial charge in [0.2, 0.25) is 5.54 Å². The summed E-state index contributed by atoms with van der Waals surface area (Å²) < 4.78 is 4.89. The molecule has 0 radical (unpaired) electrons. The summed E-state index contributed by atoms with van der Waals surface area (Å²) in [6, 6.07) is 2.01. The van der Waals surface area contributed by atoms with Gasteiger partial charge in [-0.3, -0.25) is 4.79 Å². The van der Waals surface area contributed by atoms with E-state index in [9.17, 15) is 24.9 Å². The number of carboxylic acids is 2. The summed E-state index contributed by atoms with van der Waals surface area (Å²) in [6.45, 7) is -0.548. The topological polar surface area (TPSA) is 140 Å². The van der Waals surface area contributed by atoms with Gasteiger partial charge in [-0.2, -0.15) is 0 Å². The Bertz CT molecular complexity index is 544. The highest BCUT2D eigenvalue weighted by atomic mass is 16.4. The number of hydrogen-bond donors (Lipinski definition) is 5. The lowest BCUT2D eigenvalue weighted by atomic mass is 9.82. The molecule has 1 rings (SSSR count). The van der Waals surface area contributed by atoms with Crippen LogP contribution in [0.2, 0.25) is 0 Å². The third-order valence-corrected chi connectivity index (χ3v) is 4.34. The summed E-state index contributed by atoms with van der Waals surface area (Å²) in [5.41, 5.74) is -1.87. The molecule has 0 saturated carbocycles. The summed E-state index contributed by atoms with van der Waals surface area (Å²) in [4.78, 5) is 23.6. The van der Waals surface area contributed by atoms with E-state index in [-0.39, 0.29) is 23.5 Å². The van der Waals surface area contributed by atoms with Gasteiger partial charge in [-0.05, 0) is 6.07 Å². The number of quaternary nitrogens is 1. The molecule has 0 saturated heterocycles. The molecule has 9 nitrogen and oxygen atoms in total. The Morgan fingerprint density at radius 2 is 2.00 bits per heavy atom. The maximum absolute atomic E-state index is 12.2. The largest absolute Gasteiger partial charge is 0.481 e. The van der Waals surface area contributed by atoms with Crippen molar-refractivity contribution in [3.05, 3.63) is 18.4 Å². The van der Waals surface area contributed by atoms with Crippen LogP contribution in [0.4, 0.5) is 5.88 Å². The van der Waals surface area contributed by atoms with Gasteiger partial charge in [-0.1, -0.05) is 0 Å². The highest BCUT2D eigenvalue weighted by Gasteiger charge is 2.60. The number of carboxylic acid groups (broad SMARTS) is 2. The zero-order chi connectivity index (χ0) is 18.4. The standard InChI is InChI=1S/C15H24N2O7/c1-17(2,6-4-7-18)15(14(22)23,9-13(20)21)11(10-19)16-12-5-3-8-24-12/h3,5,8,11,16,18-19H,4,6-7,9-10H2,1-2H3,(H-,20,21,22,23)/p+1. The number of aliphatic hydroxyl groups is 2. The molecule has 0 fully saturated rings. The van der Waals surface area contributed by atoms with Crippen molar-refractivity contribution in [3.8, 4) is 0 Å². The van der Waals surface area contributed by atoms with Crippen LogP contribution < -0.4 is 5.32 Å². The van der Waals surface area contributed by atoms with Gasteiger partial charge < -0.3 is 34.6 Å². The first-order chi connectivity index (χ1) is 11.2. The van der Waals surface area contributed by atoms with Crippen LogP contribution in [0.25, 0.3) is 0 Å². The summed E-state index contributed by atoms with van der Waals surface area (Å²) in [5.74, 6) is -2.43. The van der Waals surface area contributed by atoms with Gasteiger partial charge >= 0.3 is 11.9 Å². The molecule has 0 aliphatic rings. The van der Waals surface area contributed by atoms with Crippen molar-refractivity contribution < 1.29 is 38.9 Å². The van der Waals surface area contributed by atoms with Crippen molar-refractivity contribution in [3.63, 3.8) is 0 Å². The number of aliphatic hydroxyl groups excluding tert-OH is 2. The van der Waals surface area contributed by atoms with E-state index in [2.05, 4.69) is 5.32 Å². The molecular formula is C15H25N2O7+. The highest BCUT2D eigenvalue weighted by Crippen LogP contribution is 2.32. The predicted molar refractivity (Wildman–Crippen MR) is 84.5 cm³/mol. The minimum absolute atomic E-state index is 0.153. The fraction of sp³-hybridized carbons (Fsp3) is 0.600. The Morgan fingerprint density at radius 1 is 1.33 bits per heavy atom. The maximum Gasteiger partial charge on any atom is 0.368 e. The third kappa shape index (κ3) is 4.05. The van der Waals surface area contributed by atoms with Crippen LogP contribution >= 0.6 is 0 Å². The fourth-order valence-electron chi connectivity index (χ4n) is 2.99. The Hall–Kier alpha value is -2.10. The van der Waals surface area contributed by atoms with E-state index in [1.807, 2.05) is 0 Å². The Kier molecular flexibility index (Phi) is 6.76. The van der Waals surface area contributed by atoms with E-state index in [1.165, 1.54) is 6.26 Å². The van der Waals surface area contributed by atoms with Crippen LogP contribution in [0.1, 0.15) is 12.8 Å². The van der Waals surface area contributed by atoms with Crippen molar-refractivity contribution in [1.29, 1.82) is 0 Å². The predicted octanol–water partition coefficient (Wildman–Crippen LogP) is -0.191. The minimum Gasteiger partial charge on any atom is -0.481 e. The van der Waals surface area contributed by atoms with Gasteiger partial charge in [0.1, 0.15) is 12.5 Å². The molecule has 2 atom stereocenters. The minimum atomic E-state index is -1.87. The van der Waals surface area contributed by atoms with E-state index in [4.69, 9.17) is 9.52 Å². The van der Waals surface area contributed by atoms with Gasteiger partial charge in [-0.15, -0.1) is 0 Å². The zero-order valence-electron chi connectivity index (χ0n) is 13.8. The second-order valence-corrected chi connectivity index (χ2v) is 6.14. The van der Waals surface area contributed by atoms with Gasteiger partial charge in [-0.25, -0.2) is 4.79 Å². The number of nitrogens with zero attached hydrogens (tertiary/aromatic N) is 1. The molecule has 0 aliphatic carbocycles. The number of aliphatic carboxylic acids is 2. The second-order valence-electron chi connectivity index (χ2n) is 6.14. The van der Waals surface area contributed by atoms with Gasteiger partial charge in [0.05, 0.1) is 33.5 Å². The molecule has 9 heteroatoms. The molecule has 5 N–H and O–H groups in total. The van der Waals surface area contributed by atoms with Crippen molar-refractivity contribution in [1.82, 2.24) is 0 Å². The van der Waals surface area contributed by atoms with E-state index in [0.29, 0.717) is 6.42 Å². The molecule has 1 aromatic rings. The maximum atomic E-state index is 12.2. The fourth-order valence-corrected chi connectivity index (χ4v) is 2.99. The number of nitrogens with one attached hydrogen (secondary N) is 1. The summed E-state index contributed by atoms with van der Waals surface area (Å²) in [5, 5.41) is 40.9. The Balaban J connectivity index is 3.36. The van der Waals surface area contributed by atoms with Gasteiger partial charge in [0, 0.05) is 19.1 Å². The number of hydrogen-bond acceptors (Lipinski definition) is 6. The van der Waals surface area contributed by atoms with Crippen LogP contribution in [0, 0.1) is 0 Å². The SMILES string of the molecule is C[N+](C)(CCCO)C(CC(=O)O)(C(=O)O)C(CO)Nc1ccco1. The quantitative estimate of drug-likeness (QED) is 0.348. The first-order valence-electron chi connectivity index (χ1n) is 7.51. The highest BCUT2D eigenvalue weighted by molar-refractivity contribution is 5.85. The average Bonchev–Trinajstić information content (AvgIpc) is 3.00. The van der Waals surface area contributed by atoms with E-state index in [0.717, 1.165) is 0 Å². The molecule has 136 valence electrons. The lowest BCUT2D eigenvalue weighted by molar-refractivity contribution is -0.933. The second kappa shape index (κ2) is 8.13. The van der Waals surface area contributed by atoms with Crippen molar-refractivity contribution in [2.24, 2.45) is 0 Å². The van der Waals surface area contributed by atoms with Crippen LogP contribution in [-0.2, 0) is 9.59 Å². The molecule has 0 spiro atoms. The molecule has 2 unspecified atom stereocenters. The van der Waals surface area contributed by atoms with E-state index >= 15 is 0 Å². The average molecular weight is 345 g/mol. The van der Waals surface area contributed by atoms with E-state index in [1.54, 1.807) is 26.2 Å². The number of anilines is 1. The number of likely N-dealkylation sites (N-methyl/N-ethyl adjacent to an activating group) is 1. The van der Waals surface area contributed by atoms with Crippen molar-refractivity contribution in [2.75, 3.05) is 39.2 Å². The normalized spacial score (nSPS) is 15.5.